The van der Waals surface area contributed by atoms with Crippen molar-refractivity contribution in [2.24, 2.45) is 11.8 Å². The minimum absolute atomic E-state index is 0.685. The van der Waals surface area contributed by atoms with Gasteiger partial charge in [-0.05, 0) is 51.5 Å². The molecule has 1 heterocycles. The van der Waals surface area contributed by atoms with Gasteiger partial charge < -0.3 is 5.32 Å². The fraction of sp³-hybridized carbons (Fsp3) is 1.00. The number of nitrogens with zero attached hydrogens (tertiary/aromatic N) is 1. The van der Waals surface area contributed by atoms with E-state index in [1.165, 1.54) is 45.2 Å². The van der Waals surface area contributed by atoms with Crippen LogP contribution in [0.4, 0.5) is 0 Å². The standard InChI is InChI=1S/C16H32N2/c1-12(2)18(11-15-8-6-10-17-15)16-9-5-7-13(3)14(16)4/h12-17H,5-11H2,1-4H3. The van der Waals surface area contributed by atoms with Gasteiger partial charge in [-0.1, -0.05) is 26.7 Å². The van der Waals surface area contributed by atoms with Crippen molar-refractivity contribution in [1.82, 2.24) is 10.2 Å². The zero-order valence-corrected chi connectivity index (χ0v) is 12.8. The molecule has 2 fully saturated rings. The Bertz CT molecular complexity index is 245. The lowest BCUT2D eigenvalue weighted by Crippen LogP contribution is -2.51. The third-order valence-electron chi connectivity index (χ3n) is 5.35. The number of hydrogen-bond acceptors (Lipinski definition) is 2. The Morgan fingerprint density at radius 2 is 1.89 bits per heavy atom. The molecule has 2 heteroatoms. The topological polar surface area (TPSA) is 15.3 Å². The van der Waals surface area contributed by atoms with Crippen molar-refractivity contribution >= 4 is 0 Å². The molecule has 106 valence electrons. The highest BCUT2D eigenvalue weighted by Gasteiger charge is 2.33. The van der Waals surface area contributed by atoms with E-state index >= 15 is 0 Å². The summed E-state index contributed by atoms with van der Waals surface area (Å²) < 4.78 is 0. The molecular formula is C16H32N2. The molecule has 2 nitrogen and oxygen atoms in total. The van der Waals surface area contributed by atoms with Crippen LogP contribution in [0.25, 0.3) is 0 Å². The first kappa shape index (κ1) is 14.3. The van der Waals surface area contributed by atoms with Crippen molar-refractivity contribution in [2.45, 2.75) is 77.9 Å². The van der Waals surface area contributed by atoms with Crippen LogP contribution >= 0.6 is 0 Å². The van der Waals surface area contributed by atoms with Crippen LogP contribution < -0.4 is 5.32 Å². The lowest BCUT2D eigenvalue weighted by Gasteiger charge is -2.44. The van der Waals surface area contributed by atoms with Crippen molar-refractivity contribution in [3.8, 4) is 0 Å². The molecule has 4 unspecified atom stereocenters. The van der Waals surface area contributed by atoms with Crippen molar-refractivity contribution in [3.63, 3.8) is 0 Å². The molecule has 2 rings (SSSR count). The van der Waals surface area contributed by atoms with Gasteiger partial charge >= 0.3 is 0 Å². The molecule has 0 aromatic carbocycles. The van der Waals surface area contributed by atoms with Gasteiger partial charge in [0.25, 0.3) is 0 Å². The summed E-state index contributed by atoms with van der Waals surface area (Å²) >= 11 is 0. The van der Waals surface area contributed by atoms with Crippen LogP contribution in [0.5, 0.6) is 0 Å². The maximum Gasteiger partial charge on any atom is 0.0195 e. The Labute approximate surface area is 114 Å². The molecule has 0 bridgehead atoms. The maximum atomic E-state index is 3.67. The van der Waals surface area contributed by atoms with Crippen LogP contribution in [-0.2, 0) is 0 Å². The summed E-state index contributed by atoms with van der Waals surface area (Å²) in [6.07, 6.45) is 7.02. The average Bonchev–Trinajstić information content (AvgIpc) is 2.83. The van der Waals surface area contributed by atoms with Crippen LogP contribution in [0.3, 0.4) is 0 Å². The minimum Gasteiger partial charge on any atom is -0.313 e. The van der Waals surface area contributed by atoms with E-state index in [0.717, 1.165) is 23.9 Å². The molecule has 2 aliphatic rings. The van der Waals surface area contributed by atoms with E-state index in [1.54, 1.807) is 0 Å². The Morgan fingerprint density at radius 1 is 1.11 bits per heavy atom. The molecule has 1 N–H and O–H groups in total. The molecule has 1 aliphatic heterocycles. The fourth-order valence-electron chi connectivity index (χ4n) is 3.92. The fourth-order valence-corrected chi connectivity index (χ4v) is 3.92. The van der Waals surface area contributed by atoms with Crippen LogP contribution in [0, 0.1) is 11.8 Å². The van der Waals surface area contributed by atoms with Gasteiger partial charge in [0.2, 0.25) is 0 Å². The lowest BCUT2D eigenvalue weighted by molar-refractivity contribution is 0.0507. The second kappa shape index (κ2) is 6.38. The van der Waals surface area contributed by atoms with E-state index < -0.39 is 0 Å². The van der Waals surface area contributed by atoms with Crippen LogP contribution in [-0.4, -0.2) is 36.1 Å². The van der Waals surface area contributed by atoms with Gasteiger partial charge in [-0.25, -0.2) is 0 Å². The van der Waals surface area contributed by atoms with Gasteiger partial charge in [0.15, 0.2) is 0 Å². The van der Waals surface area contributed by atoms with Gasteiger partial charge in [0.1, 0.15) is 0 Å². The average molecular weight is 252 g/mol. The molecule has 0 aromatic heterocycles. The number of rotatable bonds is 4. The molecule has 0 aromatic rings. The monoisotopic (exact) mass is 252 g/mol. The van der Waals surface area contributed by atoms with Crippen LogP contribution in [0.1, 0.15) is 59.8 Å². The Hall–Kier alpha value is -0.0800. The summed E-state index contributed by atoms with van der Waals surface area (Å²) in [6.45, 7) is 12.2. The number of hydrogen-bond donors (Lipinski definition) is 1. The Kier molecular flexibility index (Phi) is 5.08. The third-order valence-corrected chi connectivity index (χ3v) is 5.35. The van der Waals surface area contributed by atoms with Crippen molar-refractivity contribution in [3.05, 3.63) is 0 Å². The first-order chi connectivity index (χ1) is 8.59. The summed E-state index contributed by atoms with van der Waals surface area (Å²) in [7, 11) is 0. The molecule has 1 aliphatic carbocycles. The molecule has 0 spiro atoms. The van der Waals surface area contributed by atoms with Gasteiger partial charge in [0, 0.05) is 24.7 Å². The van der Waals surface area contributed by atoms with E-state index in [9.17, 15) is 0 Å². The molecule has 4 atom stereocenters. The molecule has 1 saturated heterocycles. The molecular weight excluding hydrogens is 220 g/mol. The lowest BCUT2D eigenvalue weighted by atomic mass is 9.77. The zero-order valence-electron chi connectivity index (χ0n) is 12.8. The zero-order chi connectivity index (χ0) is 13.1. The van der Waals surface area contributed by atoms with E-state index in [2.05, 4.69) is 37.9 Å². The Balaban J connectivity index is 1.99. The van der Waals surface area contributed by atoms with Crippen molar-refractivity contribution in [1.29, 1.82) is 0 Å². The second-order valence-corrected chi connectivity index (χ2v) is 6.92. The maximum absolute atomic E-state index is 3.67. The normalized spacial score (nSPS) is 37.7. The first-order valence-corrected chi connectivity index (χ1v) is 8.08. The summed E-state index contributed by atoms with van der Waals surface area (Å²) in [4.78, 5) is 2.79. The molecule has 0 amide bonds. The summed E-state index contributed by atoms with van der Waals surface area (Å²) in [6, 6.07) is 2.25. The molecule has 0 radical (unpaired) electrons. The predicted octanol–water partition coefficient (Wildman–Crippen LogP) is 3.27. The van der Waals surface area contributed by atoms with Crippen LogP contribution in [0.15, 0.2) is 0 Å². The second-order valence-electron chi connectivity index (χ2n) is 6.92. The van der Waals surface area contributed by atoms with Gasteiger partial charge in [-0.3, -0.25) is 4.90 Å². The number of nitrogens with one attached hydrogen (secondary N) is 1. The Morgan fingerprint density at radius 3 is 2.50 bits per heavy atom. The van der Waals surface area contributed by atoms with Gasteiger partial charge in [-0.2, -0.15) is 0 Å². The molecule has 1 saturated carbocycles. The highest BCUT2D eigenvalue weighted by Crippen LogP contribution is 2.34. The van der Waals surface area contributed by atoms with Crippen molar-refractivity contribution in [2.75, 3.05) is 13.1 Å². The van der Waals surface area contributed by atoms with E-state index in [4.69, 9.17) is 0 Å². The highest BCUT2D eigenvalue weighted by atomic mass is 15.2. The molecule has 18 heavy (non-hydrogen) atoms. The van der Waals surface area contributed by atoms with E-state index in [-0.39, 0.29) is 0 Å². The third kappa shape index (κ3) is 3.27. The smallest absolute Gasteiger partial charge is 0.0195 e. The van der Waals surface area contributed by atoms with E-state index in [1.807, 2.05) is 0 Å². The minimum atomic E-state index is 0.685. The van der Waals surface area contributed by atoms with Gasteiger partial charge in [0.05, 0.1) is 0 Å². The van der Waals surface area contributed by atoms with E-state index in [0.29, 0.717) is 6.04 Å². The summed E-state index contributed by atoms with van der Waals surface area (Å²) in [5.41, 5.74) is 0. The summed E-state index contributed by atoms with van der Waals surface area (Å²) in [5.74, 6) is 1.77. The van der Waals surface area contributed by atoms with Gasteiger partial charge in [-0.15, -0.1) is 0 Å². The summed E-state index contributed by atoms with van der Waals surface area (Å²) in [5, 5.41) is 3.67. The van der Waals surface area contributed by atoms with Crippen molar-refractivity contribution < 1.29 is 0 Å². The first-order valence-electron chi connectivity index (χ1n) is 8.08. The highest BCUT2D eigenvalue weighted by molar-refractivity contribution is 4.89. The quantitative estimate of drug-likeness (QED) is 0.826. The SMILES string of the molecule is CC1CCCC(N(CC2CCCN2)C(C)C)C1C. The van der Waals surface area contributed by atoms with Crippen LogP contribution in [0.2, 0.25) is 0 Å². The largest absolute Gasteiger partial charge is 0.313 e. The predicted molar refractivity (Wildman–Crippen MR) is 78.8 cm³/mol.